The number of halogens is 1. The number of likely N-dealkylation sites (tertiary alicyclic amines) is 1. The number of nitrogens with zero attached hydrogens (tertiary/aromatic N) is 4. The minimum Gasteiger partial charge on any atom is -0.398 e. The molecule has 7 heteroatoms. The highest BCUT2D eigenvalue weighted by molar-refractivity contribution is 6.30. The van der Waals surface area contributed by atoms with Crippen LogP contribution in [0.4, 0.5) is 5.69 Å². The predicted octanol–water partition coefficient (Wildman–Crippen LogP) is 3.95. The number of fused-ring (bicyclic) bond motifs is 1. The summed E-state index contributed by atoms with van der Waals surface area (Å²) in [6.45, 7) is 4.51. The Balaban J connectivity index is 1.74. The van der Waals surface area contributed by atoms with Crippen molar-refractivity contribution in [3.05, 3.63) is 58.0 Å². The molecule has 0 radical (unpaired) electrons. The molecule has 1 aliphatic rings. The minimum absolute atomic E-state index is 0.0328. The molecule has 0 aliphatic carbocycles. The summed E-state index contributed by atoms with van der Waals surface area (Å²) in [5.41, 5.74) is 10.5. The van der Waals surface area contributed by atoms with Gasteiger partial charge in [0.1, 0.15) is 5.15 Å². The lowest BCUT2D eigenvalue weighted by Gasteiger charge is -2.35. The molecule has 1 aliphatic heterocycles. The van der Waals surface area contributed by atoms with Crippen LogP contribution in [0, 0.1) is 13.8 Å². The summed E-state index contributed by atoms with van der Waals surface area (Å²) in [5, 5.41) is 5.15. The van der Waals surface area contributed by atoms with E-state index in [0.29, 0.717) is 28.6 Å². The number of piperidine rings is 1. The highest BCUT2D eigenvalue weighted by atomic mass is 35.5. The van der Waals surface area contributed by atoms with E-state index in [-0.39, 0.29) is 11.9 Å². The topological polar surface area (TPSA) is 76.5 Å². The van der Waals surface area contributed by atoms with E-state index in [9.17, 15) is 4.79 Å². The monoisotopic (exact) mass is 383 g/mol. The lowest BCUT2D eigenvalue weighted by molar-refractivity contribution is 0.0606. The van der Waals surface area contributed by atoms with Crippen LogP contribution in [0.3, 0.4) is 0 Å². The molecule has 1 aromatic carbocycles. The van der Waals surface area contributed by atoms with Gasteiger partial charge in [-0.05, 0) is 44.7 Å². The maximum Gasteiger partial charge on any atom is 0.256 e. The number of hydrogen-bond donors (Lipinski definition) is 1. The molecule has 3 heterocycles. The van der Waals surface area contributed by atoms with E-state index >= 15 is 0 Å². The number of carbonyl (C=O) groups excluding carboxylic acids is 1. The van der Waals surface area contributed by atoms with Gasteiger partial charge in [-0.15, -0.1) is 0 Å². The van der Waals surface area contributed by atoms with Gasteiger partial charge in [0.05, 0.1) is 17.3 Å². The zero-order chi connectivity index (χ0) is 19.1. The third-order valence-corrected chi connectivity index (χ3v) is 5.60. The number of aromatic nitrogens is 3. The third kappa shape index (κ3) is 3.14. The maximum absolute atomic E-state index is 13.3. The summed E-state index contributed by atoms with van der Waals surface area (Å²) in [7, 11) is 0. The van der Waals surface area contributed by atoms with Crippen LogP contribution >= 0.6 is 11.6 Å². The molecule has 4 rings (SSSR count). The van der Waals surface area contributed by atoms with Crippen LogP contribution in [0.25, 0.3) is 5.65 Å². The van der Waals surface area contributed by atoms with Crippen LogP contribution in [0.1, 0.15) is 52.5 Å². The third-order valence-electron chi connectivity index (χ3n) is 5.21. The second-order valence-electron chi connectivity index (χ2n) is 7.14. The molecule has 1 unspecified atom stereocenters. The van der Waals surface area contributed by atoms with Gasteiger partial charge in [0, 0.05) is 30.1 Å². The smallest absolute Gasteiger partial charge is 0.256 e. The first-order valence-electron chi connectivity index (χ1n) is 9.14. The van der Waals surface area contributed by atoms with Crippen LogP contribution in [0.5, 0.6) is 0 Å². The second kappa shape index (κ2) is 6.85. The van der Waals surface area contributed by atoms with Crippen molar-refractivity contribution in [2.24, 2.45) is 0 Å². The summed E-state index contributed by atoms with van der Waals surface area (Å²) >= 11 is 6.15. The molecule has 2 N–H and O–H groups in total. The first-order valence-corrected chi connectivity index (χ1v) is 9.52. The molecule has 1 atom stereocenters. The number of carbonyl (C=O) groups is 1. The van der Waals surface area contributed by atoms with Gasteiger partial charge in [0.15, 0.2) is 5.65 Å². The molecule has 6 nitrogen and oxygen atoms in total. The first kappa shape index (κ1) is 17.8. The Morgan fingerprint density at radius 2 is 2.07 bits per heavy atom. The van der Waals surface area contributed by atoms with Gasteiger partial charge in [-0.1, -0.05) is 23.7 Å². The summed E-state index contributed by atoms with van der Waals surface area (Å²) < 4.78 is 1.73. The van der Waals surface area contributed by atoms with Crippen LogP contribution in [-0.2, 0) is 0 Å². The average molecular weight is 384 g/mol. The minimum atomic E-state index is -0.0916. The number of aryl methyl sites for hydroxylation is 2. The van der Waals surface area contributed by atoms with Crippen molar-refractivity contribution in [3.8, 4) is 0 Å². The van der Waals surface area contributed by atoms with Gasteiger partial charge < -0.3 is 10.6 Å². The molecule has 1 amide bonds. The van der Waals surface area contributed by atoms with Gasteiger partial charge in [0.25, 0.3) is 5.91 Å². The van der Waals surface area contributed by atoms with Crippen molar-refractivity contribution in [2.75, 3.05) is 12.3 Å². The zero-order valence-electron chi connectivity index (χ0n) is 15.4. The van der Waals surface area contributed by atoms with E-state index in [4.69, 9.17) is 17.3 Å². The second-order valence-corrected chi connectivity index (χ2v) is 7.49. The van der Waals surface area contributed by atoms with Gasteiger partial charge in [-0.2, -0.15) is 5.10 Å². The van der Waals surface area contributed by atoms with E-state index in [1.54, 1.807) is 10.6 Å². The summed E-state index contributed by atoms with van der Waals surface area (Å²) in [5.74, 6) is -0.0328. The highest BCUT2D eigenvalue weighted by Crippen LogP contribution is 2.33. The van der Waals surface area contributed by atoms with Crippen LogP contribution in [0.2, 0.25) is 5.15 Å². The molecule has 1 saturated heterocycles. The molecular formula is C20H22ClN5O. The first-order chi connectivity index (χ1) is 13.0. The van der Waals surface area contributed by atoms with E-state index < -0.39 is 0 Å². The Kier molecular flexibility index (Phi) is 4.52. The van der Waals surface area contributed by atoms with Crippen molar-refractivity contribution < 1.29 is 4.79 Å². The molecular weight excluding hydrogens is 362 g/mol. The van der Waals surface area contributed by atoms with E-state index in [0.717, 1.165) is 36.1 Å². The normalized spacial score (nSPS) is 17.4. The van der Waals surface area contributed by atoms with Crippen LogP contribution in [-0.4, -0.2) is 31.9 Å². The van der Waals surface area contributed by atoms with Crippen LogP contribution in [0.15, 0.2) is 30.5 Å². The number of nitrogens with two attached hydrogens (primary N) is 1. The Bertz CT molecular complexity index is 969. The summed E-state index contributed by atoms with van der Waals surface area (Å²) in [4.78, 5) is 19.6. The van der Waals surface area contributed by atoms with Crippen molar-refractivity contribution in [1.29, 1.82) is 0 Å². The molecule has 0 spiro atoms. The predicted molar refractivity (Wildman–Crippen MR) is 106 cm³/mol. The Morgan fingerprint density at radius 3 is 2.85 bits per heavy atom. The molecule has 0 bridgehead atoms. The largest absolute Gasteiger partial charge is 0.398 e. The molecule has 140 valence electrons. The van der Waals surface area contributed by atoms with Crippen molar-refractivity contribution in [1.82, 2.24) is 19.5 Å². The molecule has 0 saturated carbocycles. The Morgan fingerprint density at radius 1 is 1.26 bits per heavy atom. The SMILES string of the molecule is Cc1cn2nc(C3CCCCN3C(=O)c3c(C)cccc3N)cc2nc1Cl. The lowest BCUT2D eigenvalue weighted by atomic mass is 9.96. The highest BCUT2D eigenvalue weighted by Gasteiger charge is 2.32. The summed E-state index contributed by atoms with van der Waals surface area (Å²) in [6, 6.07) is 7.39. The van der Waals surface area contributed by atoms with E-state index in [2.05, 4.69) is 10.1 Å². The van der Waals surface area contributed by atoms with Gasteiger partial charge in [-0.25, -0.2) is 9.50 Å². The number of anilines is 1. The molecule has 2 aromatic heterocycles. The number of nitrogen functional groups attached to an aromatic ring is 1. The number of benzene rings is 1. The van der Waals surface area contributed by atoms with E-state index in [1.165, 1.54) is 0 Å². The quantitative estimate of drug-likeness (QED) is 0.537. The van der Waals surface area contributed by atoms with E-state index in [1.807, 2.05) is 43.1 Å². The van der Waals surface area contributed by atoms with Gasteiger partial charge in [-0.3, -0.25) is 4.79 Å². The zero-order valence-corrected chi connectivity index (χ0v) is 16.2. The van der Waals surface area contributed by atoms with Crippen molar-refractivity contribution in [3.63, 3.8) is 0 Å². The summed E-state index contributed by atoms with van der Waals surface area (Å²) in [6.07, 6.45) is 4.76. The van der Waals surface area contributed by atoms with Gasteiger partial charge >= 0.3 is 0 Å². The van der Waals surface area contributed by atoms with Crippen LogP contribution < -0.4 is 5.73 Å². The molecule has 3 aromatic rings. The average Bonchev–Trinajstić information content (AvgIpc) is 3.04. The fraction of sp³-hybridized carbons (Fsp3) is 0.350. The fourth-order valence-electron chi connectivity index (χ4n) is 3.78. The fourth-order valence-corrected chi connectivity index (χ4v) is 3.91. The Labute approximate surface area is 162 Å². The van der Waals surface area contributed by atoms with Crippen molar-refractivity contribution in [2.45, 2.75) is 39.2 Å². The number of hydrogen-bond acceptors (Lipinski definition) is 4. The maximum atomic E-state index is 13.3. The van der Waals surface area contributed by atoms with Crippen molar-refractivity contribution >= 4 is 28.8 Å². The van der Waals surface area contributed by atoms with Gasteiger partial charge in [0.2, 0.25) is 0 Å². The lowest BCUT2D eigenvalue weighted by Crippen LogP contribution is -2.39. The standard InChI is InChI=1S/C20H22ClN5O/c1-12-6-5-7-14(22)18(12)20(27)25-9-4-3-8-16(25)15-10-17-23-19(21)13(2)11-26(17)24-15/h5-7,10-11,16H,3-4,8-9,22H2,1-2H3. The molecule has 1 fully saturated rings. The number of rotatable bonds is 2. The molecule has 27 heavy (non-hydrogen) atoms. The number of amides is 1. The Hall–Kier alpha value is -2.60.